The zero-order valence-corrected chi connectivity index (χ0v) is 11.0. The zero-order chi connectivity index (χ0) is 14.7. The topological polar surface area (TPSA) is 106 Å². The van der Waals surface area contributed by atoms with Crippen LogP contribution in [0.1, 0.15) is 26.5 Å². The van der Waals surface area contributed by atoms with E-state index in [-0.39, 0.29) is 21.8 Å². The number of hydrogen-bond acceptors (Lipinski definition) is 4. The van der Waals surface area contributed by atoms with Crippen LogP contribution >= 0.6 is 11.6 Å². The Hall–Kier alpha value is -2.47. The third-order valence-corrected chi connectivity index (χ3v) is 2.95. The standard InChI is InChI=1S/C13H11ClN2O4/c14-10-5-11(16-6-7-2-1-3-20-7)9(13(18)19)4-8(10)12(15)17/h1-5,16H,6H2,(H2,15,17)(H,18,19). The molecule has 2 aromatic rings. The van der Waals surface area contributed by atoms with E-state index in [1.807, 2.05) is 0 Å². The van der Waals surface area contributed by atoms with Crippen molar-refractivity contribution >= 4 is 29.2 Å². The molecule has 6 nitrogen and oxygen atoms in total. The molecule has 0 saturated carbocycles. The quantitative estimate of drug-likeness (QED) is 0.785. The molecule has 0 radical (unpaired) electrons. The third-order valence-electron chi connectivity index (χ3n) is 2.64. The number of primary amides is 1. The number of halogens is 1. The van der Waals surface area contributed by atoms with Gasteiger partial charge in [0.15, 0.2) is 0 Å². The molecule has 0 bridgehead atoms. The van der Waals surface area contributed by atoms with Gasteiger partial charge >= 0.3 is 5.97 Å². The van der Waals surface area contributed by atoms with Crippen molar-refractivity contribution in [2.45, 2.75) is 6.54 Å². The lowest BCUT2D eigenvalue weighted by molar-refractivity contribution is 0.0698. The van der Waals surface area contributed by atoms with Gasteiger partial charge in [0.25, 0.3) is 0 Å². The number of amides is 1. The highest BCUT2D eigenvalue weighted by atomic mass is 35.5. The van der Waals surface area contributed by atoms with Gasteiger partial charge in [0.05, 0.1) is 34.6 Å². The number of rotatable bonds is 5. The molecule has 0 atom stereocenters. The highest BCUT2D eigenvalue weighted by Crippen LogP contribution is 2.26. The van der Waals surface area contributed by atoms with Gasteiger partial charge in [-0.25, -0.2) is 4.79 Å². The van der Waals surface area contributed by atoms with Crippen molar-refractivity contribution in [2.24, 2.45) is 5.73 Å². The minimum absolute atomic E-state index is 0.0346. The van der Waals surface area contributed by atoms with E-state index in [9.17, 15) is 9.59 Å². The van der Waals surface area contributed by atoms with Crippen LogP contribution < -0.4 is 11.1 Å². The third kappa shape index (κ3) is 2.92. The molecule has 0 spiro atoms. The maximum Gasteiger partial charge on any atom is 0.337 e. The number of hydrogen-bond donors (Lipinski definition) is 3. The molecule has 20 heavy (non-hydrogen) atoms. The van der Waals surface area contributed by atoms with Crippen LogP contribution in [-0.2, 0) is 6.54 Å². The van der Waals surface area contributed by atoms with E-state index in [2.05, 4.69) is 5.32 Å². The van der Waals surface area contributed by atoms with E-state index in [4.69, 9.17) is 26.9 Å². The minimum Gasteiger partial charge on any atom is -0.478 e. The molecule has 0 fully saturated rings. The number of anilines is 1. The molecule has 0 aliphatic rings. The van der Waals surface area contributed by atoms with Gasteiger partial charge < -0.3 is 20.6 Å². The Morgan fingerprint density at radius 1 is 1.35 bits per heavy atom. The van der Waals surface area contributed by atoms with Crippen molar-refractivity contribution in [3.8, 4) is 0 Å². The van der Waals surface area contributed by atoms with Gasteiger partial charge in [0.1, 0.15) is 5.76 Å². The molecule has 1 amide bonds. The molecule has 0 aliphatic heterocycles. The summed E-state index contributed by atoms with van der Waals surface area (Å²) < 4.78 is 5.13. The fraction of sp³-hybridized carbons (Fsp3) is 0.0769. The van der Waals surface area contributed by atoms with Gasteiger partial charge in [-0.3, -0.25) is 4.79 Å². The minimum atomic E-state index is -1.19. The first kappa shape index (κ1) is 14.0. The number of carbonyl (C=O) groups is 2. The Kier molecular flexibility index (Phi) is 3.95. The first-order valence-electron chi connectivity index (χ1n) is 5.62. The summed E-state index contributed by atoms with van der Waals surface area (Å²) in [6.07, 6.45) is 1.51. The normalized spacial score (nSPS) is 10.2. The van der Waals surface area contributed by atoms with Crippen LogP contribution in [0, 0.1) is 0 Å². The molecular formula is C13H11ClN2O4. The van der Waals surface area contributed by atoms with E-state index in [0.29, 0.717) is 12.3 Å². The number of carboxylic acids is 1. The van der Waals surface area contributed by atoms with Gasteiger partial charge in [-0.2, -0.15) is 0 Å². The summed E-state index contributed by atoms with van der Waals surface area (Å²) in [4.78, 5) is 22.4. The molecule has 1 aromatic carbocycles. The van der Waals surface area contributed by atoms with Crippen molar-refractivity contribution in [3.05, 3.63) is 52.4 Å². The first-order valence-corrected chi connectivity index (χ1v) is 5.99. The Labute approximate surface area is 119 Å². The van der Waals surface area contributed by atoms with Crippen LogP contribution in [-0.4, -0.2) is 17.0 Å². The SMILES string of the molecule is NC(=O)c1cc(C(=O)O)c(NCc2ccco2)cc1Cl. The molecule has 4 N–H and O–H groups in total. The largest absolute Gasteiger partial charge is 0.478 e. The number of benzene rings is 1. The maximum absolute atomic E-state index is 11.2. The van der Waals surface area contributed by atoms with Crippen LogP contribution in [0.5, 0.6) is 0 Å². The van der Waals surface area contributed by atoms with Crippen LogP contribution in [0.3, 0.4) is 0 Å². The molecule has 104 valence electrons. The summed E-state index contributed by atoms with van der Waals surface area (Å²) in [7, 11) is 0. The van der Waals surface area contributed by atoms with E-state index in [1.54, 1.807) is 12.1 Å². The molecule has 0 unspecified atom stereocenters. The molecule has 0 saturated heterocycles. The summed E-state index contributed by atoms with van der Waals surface area (Å²) in [6.45, 7) is 0.291. The summed E-state index contributed by atoms with van der Waals surface area (Å²) in [5.41, 5.74) is 5.29. The van der Waals surface area contributed by atoms with Crippen LogP contribution in [0.15, 0.2) is 34.9 Å². The number of nitrogens with one attached hydrogen (secondary N) is 1. The van der Waals surface area contributed by atoms with Gasteiger partial charge in [-0.15, -0.1) is 0 Å². The number of aromatic carboxylic acids is 1. The fourth-order valence-electron chi connectivity index (χ4n) is 1.68. The van der Waals surface area contributed by atoms with E-state index >= 15 is 0 Å². The maximum atomic E-state index is 11.2. The summed E-state index contributed by atoms with van der Waals surface area (Å²) in [6, 6.07) is 5.97. The van der Waals surface area contributed by atoms with Crippen molar-refractivity contribution in [2.75, 3.05) is 5.32 Å². The second-order valence-corrected chi connectivity index (χ2v) is 4.39. The molecule has 1 aromatic heterocycles. The second-order valence-electron chi connectivity index (χ2n) is 3.98. The average Bonchev–Trinajstić information content (AvgIpc) is 2.88. The Morgan fingerprint density at radius 3 is 2.65 bits per heavy atom. The number of nitrogens with two attached hydrogens (primary N) is 1. The Bertz CT molecular complexity index is 653. The Balaban J connectivity index is 2.33. The van der Waals surface area contributed by atoms with Crippen LogP contribution in [0.4, 0.5) is 5.69 Å². The smallest absolute Gasteiger partial charge is 0.337 e. The van der Waals surface area contributed by atoms with E-state index in [0.717, 1.165) is 6.07 Å². The lowest BCUT2D eigenvalue weighted by atomic mass is 10.1. The van der Waals surface area contributed by atoms with Crippen LogP contribution in [0.25, 0.3) is 0 Å². The number of carbonyl (C=O) groups excluding carboxylic acids is 1. The molecular weight excluding hydrogens is 284 g/mol. The Morgan fingerprint density at radius 2 is 2.10 bits per heavy atom. The molecule has 7 heteroatoms. The predicted octanol–water partition coefficient (Wildman–Crippen LogP) is 2.34. The van der Waals surface area contributed by atoms with Crippen LogP contribution in [0.2, 0.25) is 5.02 Å². The highest BCUT2D eigenvalue weighted by Gasteiger charge is 2.17. The lowest BCUT2D eigenvalue weighted by Crippen LogP contribution is -2.14. The predicted molar refractivity (Wildman–Crippen MR) is 73.0 cm³/mol. The second kappa shape index (κ2) is 5.66. The highest BCUT2D eigenvalue weighted by molar-refractivity contribution is 6.34. The lowest BCUT2D eigenvalue weighted by Gasteiger charge is -2.11. The molecule has 0 aliphatic carbocycles. The van der Waals surface area contributed by atoms with E-state index < -0.39 is 11.9 Å². The van der Waals surface area contributed by atoms with Gasteiger partial charge in [0.2, 0.25) is 5.91 Å². The first-order chi connectivity index (χ1) is 9.49. The van der Waals surface area contributed by atoms with E-state index in [1.165, 1.54) is 12.3 Å². The number of furan rings is 1. The summed E-state index contributed by atoms with van der Waals surface area (Å²) in [5.74, 6) is -1.34. The van der Waals surface area contributed by atoms with Gasteiger partial charge in [-0.05, 0) is 24.3 Å². The summed E-state index contributed by atoms with van der Waals surface area (Å²) >= 11 is 5.90. The van der Waals surface area contributed by atoms with Crippen molar-refractivity contribution < 1.29 is 19.1 Å². The average molecular weight is 295 g/mol. The van der Waals surface area contributed by atoms with Gasteiger partial charge in [-0.1, -0.05) is 11.6 Å². The monoisotopic (exact) mass is 294 g/mol. The number of carboxylic acid groups (broad SMARTS) is 1. The fourth-order valence-corrected chi connectivity index (χ4v) is 1.94. The summed E-state index contributed by atoms with van der Waals surface area (Å²) in [5, 5.41) is 12.1. The zero-order valence-electron chi connectivity index (χ0n) is 10.2. The molecule has 2 rings (SSSR count). The van der Waals surface area contributed by atoms with Gasteiger partial charge in [0, 0.05) is 0 Å². The van der Waals surface area contributed by atoms with Crippen molar-refractivity contribution in [3.63, 3.8) is 0 Å². The van der Waals surface area contributed by atoms with Crippen molar-refractivity contribution in [1.29, 1.82) is 0 Å². The van der Waals surface area contributed by atoms with Crippen molar-refractivity contribution in [1.82, 2.24) is 0 Å². The molecule has 1 heterocycles.